The zero-order valence-corrected chi connectivity index (χ0v) is 19.8. The molecule has 0 aliphatic heterocycles. The number of hydrogen-bond donors (Lipinski definition) is 1. The van der Waals surface area contributed by atoms with Gasteiger partial charge in [-0.3, -0.25) is 10.1 Å². The van der Waals surface area contributed by atoms with Gasteiger partial charge in [0.15, 0.2) is 5.13 Å². The average Bonchev–Trinajstić information content (AvgIpc) is 3.18. The van der Waals surface area contributed by atoms with Crippen LogP contribution in [0.1, 0.15) is 16.0 Å². The molecule has 4 aromatic rings. The van der Waals surface area contributed by atoms with Crippen LogP contribution in [0, 0.1) is 6.92 Å². The fraction of sp³-hybridized carbons (Fsp3) is 0.0769. The van der Waals surface area contributed by atoms with Gasteiger partial charge in [0.25, 0.3) is 0 Å². The number of aryl methyl sites for hydroxylation is 1. The molecule has 0 spiro atoms. The van der Waals surface area contributed by atoms with E-state index in [1.807, 2.05) is 85.8 Å². The lowest BCUT2D eigenvalue weighted by molar-refractivity contribution is -0.111. The summed E-state index contributed by atoms with van der Waals surface area (Å²) in [4.78, 5) is 18.0. The molecule has 160 valence electrons. The van der Waals surface area contributed by atoms with E-state index in [2.05, 4.69) is 26.2 Å². The number of carbonyl (C=O) groups is 1. The molecule has 4 rings (SSSR count). The number of rotatable bonds is 7. The van der Waals surface area contributed by atoms with Crippen LogP contribution in [0.3, 0.4) is 0 Å². The molecule has 1 aromatic heterocycles. The van der Waals surface area contributed by atoms with Crippen LogP contribution in [0.25, 0.3) is 17.3 Å². The molecule has 4 nitrogen and oxygen atoms in total. The third-order valence-corrected chi connectivity index (χ3v) is 6.11. The molecule has 1 heterocycles. The lowest BCUT2D eigenvalue weighted by Gasteiger charge is -2.06. The zero-order chi connectivity index (χ0) is 22.3. The molecular weight excluding hydrogens is 484 g/mol. The van der Waals surface area contributed by atoms with Gasteiger partial charge >= 0.3 is 0 Å². The highest BCUT2D eigenvalue weighted by Crippen LogP contribution is 2.31. The first-order chi connectivity index (χ1) is 15.6. The first-order valence-corrected chi connectivity index (χ1v) is 11.7. The molecule has 0 fully saturated rings. The van der Waals surface area contributed by atoms with Crippen molar-refractivity contribution >= 4 is 44.4 Å². The molecule has 1 amide bonds. The van der Waals surface area contributed by atoms with Gasteiger partial charge in [-0.2, -0.15) is 0 Å². The molecule has 0 radical (unpaired) electrons. The SMILES string of the molecule is Cc1sc(NC(=O)/C=C/c2ccc(OCc3ccccc3)cc2)nc1-c1ccc(Br)cc1. The summed E-state index contributed by atoms with van der Waals surface area (Å²) < 4.78 is 6.81. The van der Waals surface area contributed by atoms with E-state index in [0.29, 0.717) is 11.7 Å². The largest absolute Gasteiger partial charge is 0.489 e. The van der Waals surface area contributed by atoms with Gasteiger partial charge in [-0.1, -0.05) is 70.5 Å². The number of nitrogens with zero attached hydrogens (tertiary/aromatic N) is 1. The standard InChI is InChI=1S/C26H21BrN2O2S/c1-18-25(21-10-12-22(27)13-11-21)29-26(32-18)28-24(30)16-9-19-7-14-23(15-8-19)31-17-20-5-3-2-4-6-20/h2-16H,17H2,1H3,(H,28,29,30)/b16-9+. The van der Waals surface area contributed by atoms with E-state index in [1.165, 1.54) is 17.4 Å². The number of benzene rings is 3. The highest BCUT2D eigenvalue weighted by molar-refractivity contribution is 9.10. The molecule has 0 saturated heterocycles. The van der Waals surface area contributed by atoms with Gasteiger partial charge in [-0.05, 0) is 48.4 Å². The van der Waals surface area contributed by atoms with E-state index >= 15 is 0 Å². The molecular formula is C26H21BrN2O2S. The van der Waals surface area contributed by atoms with Crippen molar-refractivity contribution in [3.63, 3.8) is 0 Å². The van der Waals surface area contributed by atoms with Crippen molar-refractivity contribution in [2.75, 3.05) is 5.32 Å². The van der Waals surface area contributed by atoms with E-state index < -0.39 is 0 Å². The van der Waals surface area contributed by atoms with Crippen molar-refractivity contribution in [1.29, 1.82) is 0 Å². The Kier molecular flexibility index (Phi) is 7.14. The minimum Gasteiger partial charge on any atom is -0.489 e. The number of thiazole rings is 1. The van der Waals surface area contributed by atoms with Gasteiger partial charge in [-0.15, -0.1) is 11.3 Å². The number of nitrogens with one attached hydrogen (secondary N) is 1. The molecule has 0 aliphatic carbocycles. The van der Waals surface area contributed by atoms with E-state index in [9.17, 15) is 4.79 Å². The molecule has 0 aliphatic rings. The Morgan fingerprint density at radius 1 is 1.03 bits per heavy atom. The topological polar surface area (TPSA) is 51.2 Å². The Bertz CT molecular complexity index is 1220. The first-order valence-electron chi connectivity index (χ1n) is 10.1. The van der Waals surface area contributed by atoms with Crippen molar-refractivity contribution in [3.8, 4) is 17.0 Å². The third kappa shape index (κ3) is 5.93. The fourth-order valence-corrected chi connectivity index (χ4v) is 4.16. The smallest absolute Gasteiger partial charge is 0.250 e. The summed E-state index contributed by atoms with van der Waals surface area (Å²) in [5.74, 6) is 0.569. The van der Waals surface area contributed by atoms with Crippen molar-refractivity contribution in [3.05, 3.63) is 105 Å². The van der Waals surface area contributed by atoms with Gasteiger partial charge in [0.1, 0.15) is 12.4 Å². The summed E-state index contributed by atoms with van der Waals surface area (Å²) in [5.41, 5.74) is 3.94. The second-order valence-corrected chi connectivity index (χ2v) is 9.22. The molecule has 0 unspecified atom stereocenters. The fourth-order valence-electron chi connectivity index (χ4n) is 3.06. The lowest BCUT2D eigenvalue weighted by atomic mass is 10.1. The Hall–Kier alpha value is -3.22. The predicted molar refractivity (Wildman–Crippen MR) is 135 cm³/mol. The zero-order valence-electron chi connectivity index (χ0n) is 17.4. The van der Waals surface area contributed by atoms with Crippen LogP contribution in [0.15, 0.2) is 89.4 Å². The maximum absolute atomic E-state index is 12.4. The Labute approximate surface area is 199 Å². The van der Waals surface area contributed by atoms with E-state index in [1.54, 1.807) is 6.08 Å². The maximum atomic E-state index is 12.4. The van der Waals surface area contributed by atoms with Gasteiger partial charge in [0.05, 0.1) is 5.69 Å². The van der Waals surface area contributed by atoms with Crippen molar-refractivity contribution in [2.24, 2.45) is 0 Å². The summed E-state index contributed by atoms with van der Waals surface area (Å²) in [6, 6.07) is 25.6. The Balaban J connectivity index is 1.33. The van der Waals surface area contributed by atoms with E-state index in [4.69, 9.17) is 4.74 Å². The molecule has 32 heavy (non-hydrogen) atoms. The van der Waals surface area contributed by atoms with Gasteiger partial charge < -0.3 is 4.74 Å². The lowest BCUT2D eigenvalue weighted by Crippen LogP contribution is -2.07. The van der Waals surface area contributed by atoms with Crippen LogP contribution in [0.2, 0.25) is 0 Å². The quantitative estimate of drug-likeness (QED) is 0.272. The molecule has 0 atom stereocenters. The summed E-state index contributed by atoms with van der Waals surface area (Å²) in [6.07, 6.45) is 3.28. The molecule has 0 saturated carbocycles. The Morgan fingerprint density at radius 2 is 1.75 bits per heavy atom. The number of amides is 1. The van der Waals surface area contributed by atoms with Crippen molar-refractivity contribution in [2.45, 2.75) is 13.5 Å². The van der Waals surface area contributed by atoms with Crippen LogP contribution in [0.5, 0.6) is 5.75 Å². The summed E-state index contributed by atoms with van der Waals surface area (Å²) in [5, 5.41) is 3.44. The molecule has 6 heteroatoms. The number of ether oxygens (including phenoxy) is 1. The second-order valence-electron chi connectivity index (χ2n) is 7.10. The number of aromatic nitrogens is 1. The normalized spacial score (nSPS) is 10.9. The summed E-state index contributed by atoms with van der Waals surface area (Å²) in [7, 11) is 0. The number of anilines is 1. The molecule has 0 bridgehead atoms. The van der Waals surface area contributed by atoms with Gasteiger partial charge in [0.2, 0.25) is 5.91 Å². The number of halogens is 1. The van der Waals surface area contributed by atoms with Crippen LogP contribution >= 0.6 is 27.3 Å². The molecule has 1 N–H and O–H groups in total. The predicted octanol–water partition coefficient (Wildman–Crippen LogP) is 7.11. The van der Waals surface area contributed by atoms with E-state index in [0.717, 1.165) is 37.5 Å². The third-order valence-electron chi connectivity index (χ3n) is 4.70. The van der Waals surface area contributed by atoms with Crippen molar-refractivity contribution < 1.29 is 9.53 Å². The minimum atomic E-state index is -0.217. The van der Waals surface area contributed by atoms with E-state index in [-0.39, 0.29) is 5.91 Å². The van der Waals surface area contributed by atoms with Gasteiger partial charge in [-0.25, -0.2) is 4.98 Å². The van der Waals surface area contributed by atoms with Crippen LogP contribution in [-0.2, 0) is 11.4 Å². The Morgan fingerprint density at radius 3 is 2.47 bits per heavy atom. The van der Waals surface area contributed by atoms with Crippen LogP contribution in [-0.4, -0.2) is 10.9 Å². The average molecular weight is 505 g/mol. The number of hydrogen-bond acceptors (Lipinski definition) is 4. The maximum Gasteiger partial charge on any atom is 0.250 e. The van der Waals surface area contributed by atoms with Crippen LogP contribution < -0.4 is 10.1 Å². The molecule has 3 aromatic carbocycles. The highest BCUT2D eigenvalue weighted by Gasteiger charge is 2.11. The minimum absolute atomic E-state index is 0.217. The first kappa shape index (κ1) is 22.0. The summed E-state index contributed by atoms with van der Waals surface area (Å²) in [6.45, 7) is 2.52. The monoisotopic (exact) mass is 504 g/mol. The van der Waals surface area contributed by atoms with Crippen LogP contribution in [0.4, 0.5) is 5.13 Å². The number of carbonyl (C=O) groups excluding carboxylic acids is 1. The summed E-state index contributed by atoms with van der Waals surface area (Å²) >= 11 is 4.91. The van der Waals surface area contributed by atoms with Crippen molar-refractivity contribution in [1.82, 2.24) is 4.98 Å². The second kappa shape index (κ2) is 10.4. The van der Waals surface area contributed by atoms with Gasteiger partial charge in [0, 0.05) is 21.0 Å². The highest BCUT2D eigenvalue weighted by atomic mass is 79.9.